The SMILES string of the molecule is CCOc1ccccc1OCC(=O)Nc1nc2scc(-c3ccc(Cl)cc3Cl)n2n1. The molecule has 0 bridgehead atoms. The summed E-state index contributed by atoms with van der Waals surface area (Å²) in [5.74, 6) is 0.872. The minimum atomic E-state index is -0.384. The molecule has 0 saturated carbocycles. The summed E-state index contributed by atoms with van der Waals surface area (Å²) >= 11 is 13.7. The van der Waals surface area contributed by atoms with Crippen LogP contribution in [0.4, 0.5) is 5.95 Å². The lowest BCUT2D eigenvalue weighted by atomic mass is 10.2. The average Bonchev–Trinajstić information content (AvgIpc) is 3.28. The molecule has 0 aliphatic heterocycles. The van der Waals surface area contributed by atoms with Gasteiger partial charge >= 0.3 is 0 Å². The van der Waals surface area contributed by atoms with Gasteiger partial charge in [0.1, 0.15) is 0 Å². The van der Waals surface area contributed by atoms with E-state index in [1.165, 1.54) is 11.3 Å². The quantitative estimate of drug-likeness (QED) is 0.409. The van der Waals surface area contributed by atoms with Crippen molar-refractivity contribution < 1.29 is 14.3 Å². The third-order valence-corrected chi connectivity index (χ3v) is 5.41. The number of amides is 1. The predicted octanol–water partition coefficient (Wildman–Crippen LogP) is 5.18. The van der Waals surface area contributed by atoms with Crippen LogP contribution in [0.25, 0.3) is 16.2 Å². The number of hydrogen-bond donors (Lipinski definition) is 1. The van der Waals surface area contributed by atoms with E-state index in [0.717, 1.165) is 11.3 Å². The fourth-order valence-electron chi connectivity index (χ4n) is 2.77. The Kier molecular flexibility index (Phi) is 6.08. The average molecular weight is 463 g/mol. The molecule has 1 N–H and O–H groups in total. The summed E-state index contributed by atoms with van der Waals surface area (Å²) in [6, 6.07) is 12.4. The second kappa shape index (κ2) is 8.91. The van der Waals surface area contributed by atoms with Crippen molar-refractivity contribution in [3.8, 4) is 22.8 Å². The normalized spacial score (nSPS) is 10.9. The largest absolute Gasteiger partial charge is 0.490 e. The van der Waals surface area contributed by atoms with E-state index in [0.29, 0.717) is 33.1 Å². The van der Waals surface area contributed by atoms with Crippen LogP contribution in [0.2, 0.25) is 10.0 Å². The number of anilines is 1. The smallest absolute Gasteiger partial charge is 0.264 e. The molecule has 154 valence electrons. The van der Waals surface area contributed by atoms with Crippen molar-refractivity contribution in [1.29, 1.82) is 0 Å². The summed E-state index contributed by atoms with van der Waals surface area (Å²) in [5, 5.41) is 9.96. The third-order valence-electron chi connectivity index (χ3n) is 4.05. The maximum Gasteiger partial charge on any atom is 0.264 e. The maximum atomic E-state index is 12.3. The number of aromatic nitrogens is 3. The first-order valence-electron chi connectivity index (χ1n) is 8.99. The minimum Gasteiger partial charge on any atom is -0.490 e. The summed E-state index contributed by atoms with van der Waals surface area (Å²) in [6.07, 6.45) is 0. The summed E-state index contributed by atoms with van der Waals surface area (Å²) in [7, 11) is 0. The van der Waals surface area contributed by atoms with Crippen molar-refractivity contribution in [1.82, 2.24) is 14.6 Å². The number of carbonyl (C=O) groups is 1. The summed E-state index contributed by atoms with van der Waals surface area (Å²) in [4.78, 5) is 17.3. The first kappa shape index (κ1) is 20.5. The fourth-order valence-corrected chi connectivity index (χ4v) is 4.09. The lowest BCUT2D eigenvalue weighted by molar-refractivity contribution is -0.118. The number of para-hydroxylation sites is 2. The number of hydrogen-bond acceptors (Lipinski definition) is 6. The zero-order valence-corrected chi connectivity index (χ0v) is 18.1. The molecule has 30 heavy (non-hydrogen) atoms. The first-order chi connectivity index (χ1) is 14.5. The van der Waals surface area contributed by atoms with Crippen LogP contribution in [0.15, 0.2) is 47.8 Å². The van der Waals surface area contributed by atoms with E-state index in [1.54, 1.807) is 28.8 Å². The van der Waals surface area contributed by atoms with Crippen LogP contribution in [-0.4, -0.2) is 33.7 Å². The monoisotopic (exact) mass is 462 g/mol. The van der Waals surface area contributed by atoms with Gasteiger partial charge in [-0.3, -0.25) is 10.1 Å². The van der Waals surface area contributed by atoms with Crippen molar-refractivity contribution in [2.45, 2.75) is 6.92 Å². The number of carbonyl (C=O) groups excluding carboxylic acids is 1. The number of benzene rings is 2. The van der Waals surface area contributed by atoms with E-state index in [2.05, 4.69) is 15.4 Å². The van der Waals surface area contributed by atoms with E-state index in [4.69, 9.17) is 32.7 Å². The Morgan fingerprint density at radius 2 is 1.93 bits per heavy atom. The molecule has 0 aliphatic rings. The van der Waals surface area contributed by atoms with Gasteiger partial charge < -0.3 is 9.47 Å². The molecular formula is C20H16Cl2N4O3S. The number of ether oxygens (including phenoxy) is 2. The molecule has 0 radical (unpaired) electrons. The molecule has 1 amide bonds. The van der Waals surface area contributed by atoms with Crippen molar-refractivity contribution in [2.24, 2.45) is 0 Å². The number of nitrogens with zero attached hydrogens (tertiary/aromatic N) is 3. The maximum absolute atomic E-state index is 12.3. The van der Waals surface area contributed by atoms with Gasteiger partial charge in [0.25, 0.3) is 11.9 Å². The van der Waals surface area contributed by atoms with Crippen LogP contribution in [0.3, 0.4) is 0 Å². The molecule has 2 aromatic heterocycles. The van der Waals surface area contributed by atoms with Gasteiger partial charge in [-0.1, -0.05) is 35.3 Å². The van der Waals surface area contributed by atoms with E-state index in [1.807, 2.05) is 30.5 Å². The second-order valence-corrected chi connectivity index (χ2v) is 7.77. The van der Waals surface area contributed by atoms with Crippen LogP contribution in [0, 0.1) is 0 Å². The molecule has 4 aromatic rings. The lowest BCUT2D eigenvalue weighted by Crippen LogP contribution is -2.21. The number of halogens is 2. The highest BCUT2D eigenvalue weighted by molar-refractivity contribution is 7.15. The molecule has 0 fully saturated rings. The van der Waals surface area contributed by atoms with Gasteiger partial charge in [0.05, 0.1) is 17.3 Å². The Bertz CT molecular complexity index is 1210. The van der Waals surface area contributed by atoms with Gasteiger partial charge in [-0.2, -0.15) is 4.98 Å². The van der Waals surface area contributed by atoms with Crippen LogP contribution in [0.1, 0.15) is 6.92 Å². The summed E-state index contributed by atoms with van der Waals surface area (Å²) < 4.78 is 12.7. The molecule has 2 heterocycles. The van der Waals surface area contributed by atoms with Crippen LogP contribution >= 0.6 is 34.5 Å². The van der Waals surface area contributed by atoms with E-state index < -0.39 is 0 Å². The van der Waals surface area contributed by atoms with Gasteiger partial charge in [-0.05, 0) is 37.3 Å². The number of fused-ring (bicyclic) bond motifs is 1. The standard InChI is InChI=1S/C20H16Cl2N4O3S/c1-2-28-16-5-3-4-6-17(16)29-10-18(27)23-19-24-20-26(25-19)15(11-30-20)13-8-7-12(21)9-14(13)22/h3-9,11H,2,10H2,1H3,(H,23,25,27). The molecule has 4 rings (SSSR count). The molecule has 7 nitrogen and oxygen atoms in total. The molecule has 2 aromatic carbocycles. The Morgan fingerprint density at radius 1 is 1.17 bits per heavy atom. The molecule has 0 aliphatic carbocycles. The topological polar surface area (TPSA) is 77.8 Å². The summed E-state index contributed by atoms with van der Waals surface area (Å²) in [6.45, 7) is 2.18. The van der Waals surface area contributed by atoms with Crippen molar-refractivity contribution >= 4 is 51.4 Å². The number of nitrogens with one attached hydrogen (secondary N) is 1. The Hall–Kier alpha value is -2.81. The van der Waals surface area contributed by atoms with Gasteiger partial charge in [0.2, 0.25) is 4.96 Å². The highest BCUT2D eigenvalue weighted by atomic mass is 35.5. The molecule has 0 saturated heterocycles. The predicted molar refractivity (Wildman–Crippen MR) is 118 cm³/mol. The number of thiazole rings is 1. The lowest BCUT2D eigenvalue weighted by Gasteiger charge is -2.10. The van der Waals surface area contributed by atoms with Gasteiger partial charge in [0.15, 0.2) is 18.1 Å². The van der Waals surface area contributed by atoms with Gasteiger partial charge in [-0.25, -0.2) is 4.52 Å². The first-order valence-corrected chi connectivity index (χ1v) is 10.6. The Morgan fingerprint density at radius 3 is 2.67 bits per heavy atom. The zero-order chi connectivity index (χ0) is 21.1. The minimum absolute atomic E-state index is 0.180. The van der Waals surface area contributed by atoms with E-state index >= 15 is 0 Å². The number of rotatable bonds is 7. The van der Waals surface area contributed by atoms with Crippen LogP contribution in [0.5, 0.6) is 11.5 Å². The Balaban J connectivity index is 1.47. The Labute approximate surface area is 186 Å². The summed E-state index contributed by atoms with van der Waals surface area (Å²) in [5.41, 5.74) is 1.53. The zero-order valence-electron chi connectivity index (χ0n) is 15.8. The van der Waals surface area contributed by atoms with Crippen LogP contribution in [-0.2, 0) is 4.79 Å². The molecule has 0 spiro atoms. The second-order valence-electron chi connectivity index (χ2n) is 6.09. The van der Waals surface area contributed by atoms with Crippen molar-refractivity contribution in [3.05, 3.63) is 57.9 Å². The van der Waals surface area contributed by atoms with Crippen molar-refractivity contribution in [2.75, 3.05) is 18.5 Å². The fraction of sp³-hybridized carbons (Fsp3) is 0.150. The molecule has 10 heteroatoms. The molecule has 0 unspecified atom stereocenters. The molecule has 0 atom stereocenters. The third kappa shape index (κ3) is 4.35. The van der Waals surface area contributed by atoms with Gasteiger partial charge in [-0.15, -0.1) is 16.4 Å². The highest BCUT2D eigenvalue weighted by Crippen LogP contribution is 2.33. The van der Waals surface area contributed by atoms with Gasteiger partial charge in [0, 0.05) is 16.0 Å². The molecular weight excluding hydrogens is 447 g/mol. The van der Waals surface area contributed by atoms with Crippen molar-refractivity contribution in [3.63, 3.8) is 0 Å². The van der Waals surface area contributed by atoms with E-state index in [-0.39, 0.29) is 18.5 Å². The highest BCUT2D eigenvalue weighted by Gasteiger charge is 2.16. The van der Waals surface area contributed by atoms with E-state index in [9.17, 15) is 4.79 Å². The van der Waals surface area contributed by atoms with Crippen LogP contribution < -0.4 is 14.8 Å².